The summed E-state index contributed by atoms with van der Waals surface area (Å²) in [5.41, 5.74) is 1.90. The summed E-state index contributed by atoms with van der Waals surface area (Å²) in [6, 6.07) is 11.5. The Balaban J connectivity index is 2.01. The number of rotatable bonds is 9. The standard InChI is InChI=1S/C18H21BrCl2N2O/c1-22-8-3-9-23-11-13-10-14(19)6-7-18(13)24-12-15-16(20)4-2-5-17(15)21/h2,4-7,10,22-23H,3,8-9,11-12H2,1H3. The van der Waals surface area contributed by atoms with Crippen LogP contribution in [-0.2, 0) is 13.2 Å². The smallest absolute Gasteiger partial charge is 0.124 e. The van der Waals surface area contributed by atoms with Crippen LogP contribution in [0.2, 0.25) is 10.0 Å². The van der Waals surface area contributed by atoms with Crippen LogP contribution in [0.3, 0.4) is 0 Å². The van der Waals surface area contributed by atoms with E-state index < -0.39 is 0 Å². The van der Waals surface area contributed by atoms with Gasteiger partial charge in [-0.2, -0.15) is 0 Å². The first-order chi connectivity index (χ1) is 11.6. The topological polar surface area (TPSA) is 33.3 Å². The van der Waals surface area contributed by atoms with E-state index in [1.54, 1.807) is 0 Å². The van der Waals surface area contributed by atoms with Gasteiger partial charge < -0.3 is 15.4 Å². The fraction of sp³-hybridized carbons (Fsp3) is 0.333. The number of ether oxygens (including phenoxy) is 1. The average molecular weight is 432 g/mol. The summed E-state index contributed by atoms with van der Waals surface area (Å²) in [6.45, 7) is 3.03. The molecule has 0 saturated heterocycles. The molecule has 0 fully saturated rings. The molecule has 0 aliphatic heterocycles. The van der Waals surface area contributed by atoms with Crippen LogP contribution >= 0.6 is 39.1 Å². The molecule has 0 aliphatic carbocycles. The van der Waals surface area contributed by atoms with Crippen LogP contribution in [0.4, 0.5) is 0 Å². The van der Waals surface area contributed by atoms with Crippen molar-refractivity contribution in [1.82, 2.24) is 10.6 Å². The lowest BCUT2D eigenvalue weighted by atomic mass is 10.2. The molecule has 0 radical (unpaired) electrons. The second-order valence-electron chi connectivity index (χ2n) is 5.37. The van der Waals surface area contributed by atoms with Crippen LogP contribution in [0.1, 0.15) is 17.5 Å². The fourth-order valence-corrected chi connectivity index (χ4v) is 3.18. The Bertz CT molecular complexity index is 647. The van der Waals surface area contributed by atoms with E-state index in [0.717, 1.165) is 47.4 Å². The number of hydrogen-bond acceptors (Lipinski definition) is 3. The summed E-state index contributed by atoms with van der Waals surface area (Å²) in [7, 11) is 1.96. The van der Waals surface area contributed by atoms with E-state index in [2.05, 4.69) is 32.6 Å². The zero-order valence-electron chi connectivity index (χ0n) is 13.5. The molecule has 2 aromatic carbocycles. The van der Waals surface area contributed by atoms with E-state index in [1.807, 2.05) is 37.4 Å². The summed E-state index contributed by atoms with van der Waals surface area (Å²) < 4.78 is 7.00. The molecule has 0 saturated carbocycles. The van der Waals surface area contributed by atoms with Crippen molar-refractivity contribution in [2.75, 3.05) is 20.1 Å². The third-order valence-corrected chi connectivity index (χ3v) is 4.75. The van der Waals surface area contributed by atoms with Crippen molar-refractivity contribution >= 4 is 39.1 Å². The van der Waals surface area contributed by atoms with Crippen molar-refractivity contribution in [3.63, 3.8) is 0 Å². The van der Waals surface area contributed by atoms with Gasteiger partial charge in [0.25, 0.3) is 0 Å². The molecule has 0 unspecified atom stereocenters. The summed E-state index contributed by atoms with van der Waals surface area (Å²) in [5.74, 6) is 0.829. The van der Waals surface area contributed by atoms with Gasteiger partial charge in [0.05, 0.1) is 0 Å². The zero-order chi connectivity index (χ0) is 17.4. The van der Waals surface area contributed by atoms with E-state index in [-0.39, 0.29) is 0 Å². The van der Waals surface area contributed by atoms with Gasteiger partial charge in [0.15, 0.2) is 0 Å². The van der Waals surface area contributed by atoms with Gasteiger partial charge in [-0.1, -0.05) is 45.2 Å². The Hall–Kier alpha value is -0.780. The maximum absolute atomic E-state index is 6.20. The minimum absolute atomic E-state index is 0.340. The quantitative estimate of drug-likeness (QED) is 0.546. The molecule has 2 N–H and O–H groups in total. The van der Waals surface area contributed by atoms with Crippen molar-refractivity contribution in [1.29, 1.82) is 0 Å². The van der Waals surface area contributed by atoms with Crippen molar-refractivity contribution in [2.24, 2.45) is 0 Å². The molecule has 0 bridgehead atoms. The number of hydrogen-bond donors (Lipinski definition) is 2. The SMILES string of the molecule is CNCCCNCc1cc(Br)ccc1OCc1c(Cl)cccc1Cl. The van der Waals surface area contributed by atoms with E-state index in [9.17, 15) is 0 Å². The Labute approximate surface area is 161 Å². The van der Waals surface area contributed by atoms with Gasteiger partial charge in [-0.3, -0.25) is 0 Å². The highest BCUT2D eigenvalue weighted by atomic mass is 79.9. The normalized spacial score (nSPS) is 10.8. The second-order valence-corrected chi connectivity index (χ2v) is 7.10. The molecular weight excluding hydrogens is 411 g/mol. The molecule has 0 aliphatic rings. The van der Waals surface area contributed by atoms with Gasteiger partial charge in [-0.25, -0.2) is 0 Å². The van der Waals surface area contributed by atoms with Crippen molar-refractivity contribution in [2.45, 2.75) is 19.6 Å². The van der Waals surface area contributed by atoms with Gasteiger partial charge in [0, 0.05) is 32.2 Å². The summed E-state index contributed by atoms with van der Waals surface area (Å²) in [4.78, 5) is 0. The maximum Gasteiger partial charge on any atom is 0.124 e. The number of halogens is 3. The van der Waals surface area contributed by atoms with Crippen LogP contribution in [0.25, 0.3) is 0 Å². The Morgan fingerprint density at radius 3 is 2.54 bits per heavy atom. The average Bonchev–Trinajstić information content (AvgIpc) is 2.56. The van der Waals surface area contributed by atoms with E-state index in [4.69, 9.17) is 27.9 Å². The first-order valence-electron chi connectivity index (χ1n) is 7.81. The highest BCUT2D eigenvalue weighted by molar-refractivity contribution is 9.10. The van der Waals surface area contributed by atoms with Crippen LogP contribution in [0.15, 0.2) is 40.9 Å². The minimum atomic E-state index is 0.340. The molecule has 6 heteroatoms. The molecule has 0 spiro atoms. The van der Waals surface area contributed by atoms with Crippen molar-refractivity contribution in [3.8, 4) is 5.75 Å². The van der Waals surface area contributed by atoms with Gasteiger partial charge >= 0.3 is 0 Å². The molecule has 130 valence electrons. The molecule has 2 aromatic rings. The van der Waals surface area contributed by atoms with Gasteiger partial charge in [0.2, 0.25) is 0 Å². The lowest BCUT2D eigenvalue weighted by Crippen LogP contribution is -2.19. The zero-order valence-corrected chi connectivity index (χ0v) is 16.6. The molecule has 24 heavy (non-hydrogen) atoms. The lowest BCUT2D eigenvalue weighted by Gasteiger charge is -2.14. The number of benzene rings is 2. The maximum atomic E-state index is 6.20. The van der Waals surface area contributed by atoms with E-state index in [0.29, 0.717) is 16.7 Å². The molecule has 0 heterocycles. The molecule has 0 aromatic heterocycles. The van der Waals surface area contributed by atoms with Gasteiger partial charge in [-0.05, 0) is 56.9 Å². The van der Waals surface area contributed by atoms with Crippen LogP contribution in [-0.4, -0.2) is 20.1 Å². The van der Waals surface area contributed by atoms with Crippen LogP contribution < -0.4 is 15.4 Å². The van der Waals surface area contributed by atoms with Crippen LogP contribution in [0.5, 0.6) is 5.75 Å². The second kappa shape index (κ2) is 10.3. The molecular formula is C18H21BrCl2N2O. The Kier molecular flexibility index (Phi) is 8.36. The van der Waals surface area contributed by atoms with Gasteiger partial charge in [0.1, 0.15) is 12.4 Å². The predicted molar refractivity (Wildman–Crippen MR) is 105 cm³/mol. The Morgan fingerprint density at radius 1 is 1.08 bits per heavy atom. The predicted octanol–water partition coefficient (Wildman–Crippen LogP) is 5.03. The third-order valence-electron chi connectivity index (χ3n) is 3.55. The summed E-state index contributed by atoms with van der Waals surface area (Å²) in [5, 5.41) is 7.80. The molecule has 2 rings (SSSR count). The third kappa shape index (κ3) is 5.94. The monoisotopic (exact) mass is 430 g/mol. The fourth-order valence-electron chi connectivity index (χ4n) is 2.26. The first-order valence-corrected chi connectivity index (χ1v) is 9.36. The van der Waals surface area contributed by atoms with Gasteiger partial charge in [-0.15, -0.1) is 0 Å². The van der Waals surface area contributed by atoms with E-state index in [1.165, 1.54) is 0 Å². The van der Waals surface area contributed by atoms with Crippen molar-refractivity contribution < 1.29 is 4.74 Å². The largest absolute Gasteiger partial charge is 0.488 e. The molecule has 3 nitrogen and oxygen atoms in total. The summed E-state index contributed by atoms with van der Waals surface area (Å²) >= 11 is 15.9. The number of nitrogens with one attached hydrogen (secondary N) is 2. The molecule has 0 atom stereocenters. The first kappa shape index (κ1) is 19.5. The lowest BCUT2D eigenvalue weighted by molar-refractivity contribution is 0.302. The minimum Gasteiger partial charge on any atom is -0.488 e. The van der Waals surface area contributed by atoms with Crippen LogP contribution in [0, 0.1) is 0 Å². The van der Waals surface area contributed by atoms with E-state index >= 15 is 0 Å². The highest BCUT2D eigenvalue weighted by Gasteiger charge is 2.09. The Morgan fingerprint density at radius 2 is 1.83 bits per heavy atom. The molecule has 0 amide bonds. The van der Waals surface area contributed by atoms with Crippen molar-refractivity contribution in [3.05, 3.63) is 62.0 Å². The highest BCUT2D eigenvalue weighted by Crippen LogP contribution is 2.28. The summed E-state index contributed by atoms with van der Waals surface area (Å²) in [6.07, 6.45) is 1.08.